The smallest absolute Gasteiger partial charge is 0.0794 e. The molecule has 60 valence electrons. The maximum atomic E-state index is 4.27. The van der Waals surface area contributed by atoms with Crippen LogP contribution in [0.15, 0.2) is 10.9 Å². The lowest BCUT2D eigenvalue weighted by Crippen LogP contribution is -2.52. The van der Waals surface area contributed by atoms with Crippen LogP contribution in [0.2, 0.25) is 0 Å². The van der Waals surface area contributed by atoms with Gasteiger partial charge >= 0.3 is 0 Å². The van der Waals surface area contributed by atoms with E-state index in [0.717, 1.165) is 19.5 Å². The third kappa shape index (κ3) is 1.44. The summed E-state index contributed by atoms with van der Waals surface area (Å²) in [6.45, 7) is 4.60. The van der Waals surface area contributed by atoms with Crippen molar-refractivity contribution in [2.75, 3.05) is 13.1 Å². The molecule has 0 aliphatic carbocycles. The zero-order valence-corrected chi connectivity index (χ0v) is 7.45. The van der Waals surface area contributed by atoms with Crippen LogP contribution in [0.4, 0.5) is 0 Å². The number of aromatic nitrogens is 1. The SMILES string of the molecule is CC1(Cc2cscn2)CNC1. The van der Waals surface area contributed by atoms with E-state index in [1.165, 1.54) is 5.69 Å². The van der Waals surface area contributed by atoms with Crippen LogP contribution < -0.4 is 5.32 Å². The van der Waals surface area contributed by atoms with Gasteiger partial charge in [-0.05, 0) is 11.8 Å². The van der Waals surface area contributed by atoms with Gasteiger partial charge in [-0.3, -0.25) is 0 Å². The van der Waals surface area contributed by atoms with E-state index in [9.17, 15) is 0 Å². The van der Waals surface area contributed by atoms with Crippen LogP contribution in [-0.4, -0.2) is 18.1 Å². The van der Waals surface area contributed by atoms with Crippen LogP contribution in [0.3, 0.4) is 0 Å². The Balaban J connectivity index is 2.00. The zero-order valence-electron chi connectivity index (χ0n) is 6.63. The Morgan fingerprint density at radius 1 is 1.73 bits per heavy atom. The molecule has 0 unspecified atom stereocenters. The Kier molecular flexibility index (Phi) is 1.69. The minimum atomic E-state index is 0.480. The zero-order chi connectivity index (χ0) is 7.73. The van der Waals surface area contributed by atoms with E-state index in [1.54, 1.807) is 11.3 Å². The highest BCUT2D eigenvalue weighted by molar-refractivity contribution is 7.07. The van der Waals surface area contributed by atoms with Crippen molar-refractivity contribution in [1.29, 1.82) is 0 Å². The predicted octanol–water partition coefficient (Wildman–Crippen LogP) is 1.30. The van der Waals surface area contributed by atoms with Gasteiger partial charge in [0.2, 0.25) is 0 Å². The number of hydrogen-bond donors (Lipinski definition) is 1. The van der Waals surface area contributed by atoms with Gasteiger partial charge in [-0.25, -0.2) is 4.98 Å². The Labute approximate surface area is 70.7 Å². The second-order valence-corrected chi connectivity index (χ2v) is 4.29. The third-order valence-corrected chi connectivity index (χ3v) is 2.83. The van der Waals surface area contributed by atoms with Gasteiger partial charge in [-0.2, -0.15) is 0 Å². The largest absolute Gasteiger partial charge is 0.316 e. The fourth-order valence-corrected chi connectivity index (χ4v) is 2.00. The quantitative estimate of drug-likeness (QED) is 0.720. The lowest BCUT2D eigenvalue weighted by molar-refractivity contribution is 0.194. The van der Waals surface area contributed by atoms with Crippen LogP contribution in [0.5, 0.6) is 0 Å². The number of rotatable bonds is 2. The topological polar surface area (TPSA) is 24.9 Å². The van der Waals surface area contributed by atoms with Crippen molar-refractivity contribution in [3.8, 4) is 0 Å². The predicted molar refractivity (Wildman–Crippen MR) is 46.8 cm³/mol. The molecule has 0 atom stereocenters. The van der Waals surface area contributed by atoms with Crippen molar-refractivity contribution in [3.05, 3.63) is 16.6 Å². The van der Waals surface area contributed by atoms with Crippen LogP contribution in [-0.2, 0) is 6.42 Å². The lowest BCUT2D eigenvalue weighted by atomic mass is 9.80. The Hall–Kier alpha value is -0.410. The van der Waals surface area contributed by atoms with Gasteiger partial charge in [-0.1, -0.05) is 6.92 Å². The van der Waals surface area contributed by atoms with Crippen molar-refractivity contribution in [3.63, 3.8) is 0 Å². The molecule has 1 aromatic rings. The maximum absolute atomic E-state index is 4.27. The highest BCUT2D eigenvalue weighted by Gasteiger charge is 2.31. The lowest BCUT2D eigenvalue weighted by Gasteiger charge is -2.38. The van der Waals surface area contributed by atoms with Gasteiger partial charge in [0.25, 0.3) is 0 Å². The van der Waals surface area contributed by atoms with Crippen molar-refractivity contribution < 1.29 is 0 Å². The minimum Gasteiger partial charge on any atom is -0.316 e. The molecular formula is C8H12N2S. The van der Waals surface area contributed by atoms with Gasteiger partial charge < -0.3 is 5.32 Å². The van der Waals surface area contributed by atoms with Crippen molar-refractivity contribution >= 4 is 11.3 Å². The minimum absolute atomic E-state index is 0.480. The summed E-state index contributed by atoms with van der Waals surface area (Å²) in [5.74, 6) is 0. The van der Waals surface area contributed by atoms with Crippen molar-refractivity contribution in [2.45, 2.75) is 13.3 Å². The number of nitrogens with one attached hydrogen (secondary N) is 1. The first kappa shape index (κ1) is 7.25. The van der Waals surface area contributed by atoms with E-state index in [0.29, 0.717) is 5.41 Å². The van der Waals surface area contributed by atoms with Gasteiger partial charge in [0, 0.05) is 18.5 Å². The third-order valence-electron chi connectivity index (χ3n) is 2.19. The molecule has 2 rings (SSSR count). The highest BCUT2D eigenvalue weighted by Crippen LogP contribution is 2.26. The van der Waals surface area contributed by atoms with Crippen LogP contribution in [0.1, 0.15) is 12.6 Å². The summed E-state index contributed by atoms with van der Waals surface area (Å²) in [6, 6.07) is 0. The molecule has 0 spiro atoms. The van der Waals surface area contributed by atoms with Gasteiger partial charge in [-0.15, -0.1) is 11.3 Å². The summed E-state index contributed by atoms with van der Waals surface area (Å²) in [4.78, 5) is 4.27. The molecule has 0 radical (unpaired) electrons. The van der Waals surface area contributed by atoms with E-state index in [4.69, 9.17) is 0 Å². The molecule has 0 amide bonds. The molecule has 11 heavy (non-hydrogen) atoms. The highest BCUT2D eigenvalue weighted by atomic mass is 32.1. The molecule has 2 nitrogen and oxygen atoms in total. The van der Waals surface area contributed by atoms with E-state index < -0.39 is 0 Å². The molecule has 3 heteroatoms. The molecule has 0 bridgehead atoms. The van der Waals surface area contributed by atoms with E-state index in [2.05, 4.69) is 22.6 Å². The fourth-order valence-electron chi connectivity index (χ4n) is 1.44. The second-order valence-electron chi connectivity index (χ2n) is 3.57. The Morgan fingerprint density at radius 3 is 3.00 bits per heavy atom. The number of nitrogens with zero attached hydrogens (tertiary/aromatic N) is 1. The fraction of sp³-hybridized carbons (Fsp3) is 0.625. The summed E-state index contributed by atoms with van der Waals surface area (Å²) in [6.07, 6.45) is 1.13. The average molecular weight is 168 g/mol. The average Bonchev–Trinajstić information content (AvgIpc) is 2.36. The summed E-state index contributed by atoms with van der Waals surface area (Å²) in [5, 5.41) is 5.43. The first-order valence-corrected chi connectivity index (χ1v) is 4.81. The molecule has 0 saturated carbocycles. The van der Waals surface area contributed by atoms with Crippen molar-refractivity contribution in [1.82, 2.24) is 10.3 Å². The molecule has 1 N–H and O–H groups in total. The van der Waals surface area contributed by atoms with Crippen LogP contribution in [0.25, 0.3) is 0 Å². The number of thiazole rings is 1. The van der Waals surface area contributed by atoms with Crippen LogP contribution in [0, 0.1) is 5.41 Å². The first-order chi connectivity index (χ1) is 5.29. The molecule has 1 saturated heterocycles. The van der Waals surface area contributed by atoms with E-state index in [-0.39, 0.29) is 0 Å². The standard InChI is InChI=1S/C8H12N2S/c1-8(4-9-5-8)2-7-3-11-6-10-7/h3,6,9H,2,4-5H2,1H3. The maximum Gasteiger partial charge on any atom is 0.0794 e. The van der Waals surface area contributed by atoms with Crippen LogP contribution >= 0.6 is 11.3 Å². The monoisotopic (exact) mass is 168 g/mol. The Morgan fingerprint density at radius 2 is 2.55 bits per heavy atom. The van der Waals surface area contributed by atoms with Gasteiger partial charge in [0.1, 0.15) is 0 Å². The molecule has 2 heterocycles. The summed E-state index contributed by atoms with van der Waals surface area (Å²) >= 11 is 1.68. The molecule has 1 aliphatic heterocycles. The van der Waals surface area contributed by atoms with E-state index >= 15 is 0 Å². The van der Waals surface area contributed by atoms with Gasteiger partial charge in [0.05, 0.1) is 11.2 Å². The summed E-state index contributed by atoms with van der Waals surface area (Å²) in [5.41, 5.74) is 3.64. The molecule has 1 fully saturated rings. The molecule has 1 aromatic heterocycles. The first-order valence-electron chi connectivity index (χ1n) is 3.86. The molecule has 0 aromatic carbocycles. The molecular weight excluding hydrogens is 156 g/mol. The van der Waals surface area contributed by atoms with Crippen molar-refractivity contribution in [2.24, 2.45) is 5.41 Å². The molecule has 1 aliphatic rings. The second kappa shape index (κ2) is 2.57. The summed E-state index contributed by atoms with van der Waals surface area (Å²) < 4.78 is 0. The number of hydrogen-bond acceptors (Lipinski definition) is 3. The normalized spacial score (nSPS) is 21.2. The van der Waals surface area contributed by atoms with Gasteiger partial charge in [0.15, 0.2) is 0 Å². The van der Waals surface area contributed by atoms with E-state index in [1.807, 2.05) is 5.51 Å². The Bertz CT molecular complexity index is 226. The summed E-state index contributed by atoms with van der Waals surface area (Å²) in [7, 11) is 0.